The number of aliphatic carboxylic acids is 1. The maximum Gasteiger partial charge on any atom is 0.344 e. The highest BCUT2D eigenvalue weighted by Crippen LogP contribution is 2.21. The highest BCUT2D eigenvalue weighted by atomic mass is 127. The maximum absolute atomic E-state index is 10.6. The highest BCUT2D eigenvalue weighted by Gasteiger charge is 2.13. The molecule has 0 fully saturated rings. The molecule has 1 atom stereocenters. The van der Waals surface area contributed by atoms with Gasteiger partial charge in [0, 0.05) is 3.57 Å². The van der Waals surface area contributed by atoms with E-state index < -0.39 is 12.1 Å². The summed E-state index contributed by atoms with van der Waals surface area (Å²) in [5, 5.41) is 8.66. The first kappa shape index (κ1) is 11.3. The summed E-state index contributed by atoms with van der Waals surface area (Å²) < 4.78 is 6.37. The molecule has 0 heterocycles. The Morgan fingerprint density at radius 2 is 2.21 bits per heavy atom. The van der Waals surface area contributed by atoms with Gasteiger partial charge in [-0.05, 0) is 60.2 Å². The lowest BCUT2D eigenvalue weighted by molar-refractivity contribution is -0.144. The molecular formula is C10H11IO3. The molecule has 1 rings (SSSR count). The van der Waals surface area contributed by atoms with Crippen LogP contribution in [0, 0.1) is 10.5 Å². The summed E-state index contributed by atoms with van der Waals surface area (Å²) in [6.45, 7) is 3.41. The van der Waals surface area contributed by atoms with Gasteiger partial charge in [0.05, 0.1) is 0 Å². The predicted octanol–water partition coefficient (Wildman–Crippen LogP) is 2.45. The molecule has 76 valence electrons. The first-order valence-electron chi connectivity index (χ1n) is 4.16. The molecule has 0 aliphatic heterocycles. The van der Waals surface area contributed by atoms with Crippen molar-refractivity contribution in [3.05, 3.63) is 27.3 Å². The number of halogens is 1. The van der Waals surface area contributed by atoms with Crippen molar-refractivity contribution < 1.29 is 14.6 Å². The van der Waals surface area contributed by atoms with Gasteiger partial charge in [-0.2, -0.15) is 0 Å². The van der Waals surface area contributed by atoms with E-state index in [2.05, 4.69) is 22.6 Å². The first-order chi connectivity index (χ1) is 6.50. The molecule has 0 aromatic heterocycles. The Bertz CT molecular complexity index is 349. The topological polar surface area (TPSA) is 46.5 Å². The van der Waals surface area contributed by atoms with E-state index in [0.29, 0.717) is 5.75 Å². The third kappa shape index (κ3) is 2.87. The molecule has 0 aliphatic rings. The van der Waals surface area contributed by atoms with Crippen LogP contribution in [0.4, 0.5) is 0 Å². The van der Waals surface area contributed by atoms with Gasteiger partial charge in [-0.1, -0.05) is 0 Å². The van der Waals surface area contributed by atoms with Crippen molar-refractivity contribution in [2.24, 2.45) is 0 Å². The molecule has 1 unspecified atom stereocenters. The number of carboxylic acids is 1. The number of carbonyl (C=O) groups is 1. The summed E-state index contributed by atoms with van der Waals surface area (Å²) in [5.41, 5.74) is 0.949. The number of aryl methyl sites for hydroxylation is 1. The number of hydrogen-bond acceptors (Lipinski definition) is 2. The molecule has 3 nitrogen and oxygen atoms in total. The van der Waals surface area contributed by atoms with Crippen LogP contribution in [0.2, 0.25) is 0 Å². The van der Waals surface area contributed by atoms with E-state index >= 15 is 0 Å². The van der Waals surface area contributed by atoms with Crippen LogP contribution in [-0.4, -0.2) is 17.2 Å². The van der Waals surface area contributed by atoms with Crippen molar-refractivity contribution in [2.75, 3.05) is 0 Å². The molecule has 0 amide bonds. The molecular weight excluding hydrogens is 295 g/mol. The zero-order chi connectivity index (χ0) is 10.7. The molecule has 4 heteroatoms. The van der Waals surface area contributed by atoms with Crippen LogP contribution < -0.4 is 4.74 Å². The van der Waals surface area contributed by atoms with Gasteiger partial charge in [0.25, 0.3) is 0 Å². The Morgan fingerprint density at radius 3 is 2.71 bits per heavy atom. The standard InChI is InChI=1S/C10H11IO3/c1-6-5-8(11)3-4-9(6)14-7(2)10(12)13/h3-5,7H,1-2H3,(H,12,13). The quantitative estimate of drug-likeness (QED) is 0.873. The Hall–Kier alpha value is -0.780. The summed E-state index contributed by atoms with van der Waals surface area (Å²) in [6, 6.07) is 5.62. The summed E-state index contributed by atoms with van der Waals surface area (Å²) in [6.07, 6.45) is -0.811. The van der Waals surface area contributed by atoms with Crippen LogP contribution in [0.15, 0.2) is 18.2 Å². The summed E-state index contributed by atoms with van der Waals surface area (Å²) >= 11 is 2.20. The number of benzene rings is 1. The summed E-state index contributed by atoms with van der Waals surface area (Å²) in [5.74, 6) is -0.330. The molecule has 1 N–H and O–H groups in total. The zero-order valence-electron chi connectivity index (χ0n) is 7.95. The third-order valence-corrected chi connectivity index (χ3v) is 2.46. The molecule has 0 spiro atoms. The van der Waals surface area contributed by atoms with Gasteiger partial charge in [0.1, 0.15) is 5.75 Å². The SMILES string of the molecule is Cc1cc(I)ccc1OC(C)C(=O)O. The van der Waals surface area contributed by atoms with Crippen LogP contribution in [0.3, 0.4) is 0 Å². The Kier molecular flexibility index (Phi) is 3.74. The smallest absolute Gasteiger partial charge is 0.344 e. The van der Waals surface area contributed by atoms with Gasteiger partial charge in [-0.25, -0.2) is 4.79 Å². The normalized spacial score (nSPS) is 12.2. The molecule has 0 saturated heterocycles. The van der Waals surface area contributed by atoms with E-state index in [0.717, 1.165) is 9.13 Å². The molecule has 0 bridgehead atoms. The van der Waals surface area contributed by atoms with E-state index in [4.69, 9.17) is 9.84 Å². The van der Waals surface area contributed by atoms with Gasteiger partial charge in [-0.3, -0.25) is 0 Å². The number of carboxylic acid groups (broad SMARTS) is 1. The van der Waals surface area contributed by atoms with Crippen molar-refractivity contribution in [1.29, 1.82) is 0 Å². The zero-order valence-corrected chi connectivity index (χ0v) is 10.1. The second kappa shape index (κ2) is 4.63. The number of hydrogen-bond donors (Lipinski definition) is 1. The minimum Gasteiger partial charge on any atom is -0.479 e. The van der Waals surface area contributed by atoms with E-state index in [1.807, 2.05) is 19.1 Å². The molecule has 0 saturated carbocycles. The van der Waals surface area contributed by atoms with E-state index in [1.54, 1.807) is 6.07 Å². The van der Waals surface area contributed by atoms with Crippen molar-refractivity contribution in [3.63, 3.8) is 0 Å². The van der Waals surface area contributed by atoms with E-state index in [1.165, 1.54) is 6.92 Å². The monoisotopic (exact) mass is 306 g/mol. The van der Waals surface area contributed by atoms with Gasteiger partial charge in [0.15, 0.2) is 6.10 Å². The average Bonchev–Trinajstić information content (AvgIpc) is 2.09. The van der Waals surface area contributed by atoms with Gasteiger partial charge >= 0.3 is 5.97 Å². The van der Waals surface area contributed by atoms with Gasteiger partial charge < -0.3 is 9.84 Å². The fourth-order valence-corrected chi connectivity index (χ4v) is 1.63. The molecule has 1 aromatic carbocycles. The van der Waals surface area contributed by atoms with Crippen molar-refractivity contribution >= 4 is 28.6 Å². The Balaban J connectivity index is 2.82. The minimum absolute atomic E-state index is 0.625. The van der Waals surface area contributed by atoms with E-state index in [-0.39, 0.29) is 0 Å². The molecule has 0 radical (unpaired) electrons. The van der Waals surface area contributed by atoms with Crippen molar-refractivity contribution in [1.82, 2.24) is 0 Å². The lowest BCUT2D eigenvalue weighted by Crippen LogP contribution is -2.23. The van der Waals surface area contributed by atoms with Crippen molar-refractivity contribution in [2.45, 2.75) is 20.0 Å². The first-order valence-corrected chi connectivity index (χ1v) is 5.24. The average molecular weight is 306 g/mol. The fourth-order valence-electron chi connectivity index (χ4n) is 0.986. The lowest BCUT2D eigenvalue weighted by atomic mass is 10.2. The van der Waals surface area contributed by atoms with Crippen LogP contribution in [0.25, 0.3) is 0 Å². The second-order valence-electron chi connectivity index (χ2n) is 3.01. The highest BCUT2D eigenvalue weighted by molar-refractivity contribution is 14.1. The van der Waals surface area contributed by atoms with Gasteiger partial charge in [0.2, 0.25) is 0 Å². The summed E-state index contributed by atoms with van der Waals surface area (Å²) in [7, 11) is 0. The Labute approximate surface area is 96.2 Å². The van der Waals surface area contributed by atoms with Gasteiger partial charge in [-0.15, -0.1) is 0 Å². The molecule has 14 heavy (non-hydrogen) atoms. The minimum atomic E-state index is -0.956. The number of ether oxygens (including phenoxy) is 1. The summed E-state index contributed by atoms with van der Waals surface area (Å²) in [4.78, 5) is 10.6. The van der Waals surface area contributed by atoms with E-state index in [9.17, 15) is 4.79 Å². The predicted molar refractivity (Wildman–Crippen MR) is 61.6 cm³/mol. The fraction of sp³-hybridized carbons (Fsp3) is 0.300. The number of rotatable bonds is 3. The second-order valence-corrected chi connectivity index (χ2v) is 4.25. The van der Waals surface area contributed by atoms with Crippen LogP contribution >= 0.6 is 22.6 Å². The third-order valence-electron chi connectivity index (χ3n) is 1.79. The molecule has 0 aliphatic carbocycles. The Morgan fingerprint density at radius 1 is 1.57 bits per heavy atom. The lowest BCUT2D eigenvalue weighted by Gasteiger charge is -2.12. The largest absolute Gasteiger partial charge is 0.479 e. The maximum atomic E-state index is 10.6. The van der Waals surface area contributed by atoms with Crippen LogP contribution in [0.5, 0.6) is 5.75 Å². The molecule has 1 aromatic rings. The van der Waals surface area contributed by atoms with Crippen LogP contribution in [-0.2, 0) is 4.79 Å². The van der Waals surface area contributed by atoms with Crippen molar-refractivity contribution in [3.8, 4) is 5.75 Å². The van der Waals surface area contributed by atoms with Crippen LogP contribution in [0.1, 0.15) is 12.5 Å².